The summed E-state index contributed by atoms with van der Waals surface area (Å²) in [5.41, 5.74) is -0.586. The number of alkyl halides is 3. The molecule has 34 heavy (non-hydrogen) atoms. The molecule has 1 saturated carbocycles. The maximum Gasteiger partial charge on any atom is 0.392 e. The number of rotatable bonds is 9. The minimum absolute atomic E-state index is 0.0383. The van der Waals surface area contributed by atoms with E-state index in [1.54, 1.807) is 6.07 Å². The van der Waals surface area contributed by atoms with E-state index in [2.05, 4.69) is 11.9 Å². The van der Waals surface area contributed by atoms with Crippen LogP contribution >= 0.6 is 23.2 Å². The van der Waals surface area contributed by atoms with Crippen LogP contribution in [0.1, 0.15) is 42.9 Å². The first-order chi connectivity index (χ1) is 15.9. The molecule has 0 aromatic heterocycles. The second-order valence-corrected chi connectivity index (χ2v) is 9.08. The summed E-state index contributed by atoms with van der Waals surface area (Å²) in [6.45, 7) is 4.42. The number of halogens is 5. The molecule has 5 nitrogen and oxygen atoms in total. The molecule has 0 saturated heterocycles. The fourth-order valence-corrected chi connectivity index (χ4v) is 4.18. The van der Waals surface area contributed by atoms with Gasteiger partial charge in [0.2, 0.25) is 5.91 Å². The number of amides is 1. The lowest BCUT2D eigenvalue weighted by molar-refractivity contribution is -0.178. The van der Waals surface area contributed by atoms with Crippen molar-refractivity contribution >= 4 is 40.8 Å². The molecule has 182 valence electrons. The zero-order valence-corrected chi connectivity index (χ0v) is 19.5. The molecule has 0 spiro atoms. The Hall–Kier alpha value is -2.71. The third kappa shape index (κ3) is 5.33. The van der Waals surface area contributed by atoms with Crippen LogP contribution in [0.4, 0.5) is 18.9 Å². The van der Waals surface area contributed by atoms with Crippen molar-refractivity contribution < 1.29 is 32.6 Å². The summed E-state index contributed by atoms with van der Waals surface area (Å²) < 4.78 is 46.3. The van der Waals surface area contributed by atoms with E-state index in [1.807, 2.05) is 0 Å². The Morgan fingerprint density at radius 2 is 1.74 bits per heavy atom. The Morgan fingerprint density at radius 1 is 1.15 bits per heavy atom. The Balaban J connectivity index is 1.96. The van der Waals surface area contributed by atoms with Crippen LogP contribution in [-0.4, -0.2) is 23.2 Å². The number of carboxylic acid groups (broad SMARTS) is 1. The number of carbonyl (C=O) groups is 2. The van der Waals surface area contributed by atoms with E-state index >= 15 is 0 Å². The van der Waals surface area contributed by atoms with Gasteiger partial charge in [-0.05, 0) is 48.2 Å². The molecule has 1 amide bonds. The molecule has 3 rings (SSSR count). The Bertz CT molecular complexity index is 1080. The van der Waals surface area contributed by atoms with Crippen LogP contribution in [0.15, 0.2) is 55.3 Å². The first kappa shape index (κ1) is 25.9. The number of anilines is 1. The topological polar surface area (TPSA) is 75.6 Å². The van der Waals surface area contributed by atoms with Crippen LogP contribution in [0.3, 0.4) is 0 Å². The number of aliphatic carboxylic acids is 1. The Kier molecular flexibility index (Phi) is 7.53. The molecular formula is C24H22Cl2F3NO4. The lowest BCUT2D eigenvalue weighted by Crippen LogP contribution is -2.34. The maximum atomic E-state index is 13.6. The summed E-state index contributed by atoms with van der Waals surface area (Å²) >= 11 is 12.1. The van der Waals surface area contributed by atoms with Crippen LogP contribution in [0.25, 0.3) is 0 Å². The van der Waals surface area contributed by atoms with Crippen LogP contribution in [0, 0.1) is 11.3 Å². The number of carboxylic acids is 1. The number of nitrogens with one attached hydrogen (secondary N) is 1. The van der Waals surface area contributed by atoms with E-state index in [0.29, 0.717) is 23.4 Å². The standard InChI is InChI=1S/C24H22Cl2F3NO4/c1-3-34-20(23(10-11-23)22(32)33)15-6-9-17(26)18(12-15)30-21(31)19(13(2)24(27,28)29)14-4-7-16(25)8-5-14/h3-9,12-13,19-20H,1,10-11H2,2H3,(H,30,31)(H,32,33)/t13-,19+,20?/m1/s1. The maximum absolute atomic E-state index is 13.6. The lowest BCUT2D eigenvalue weighted by Gasteiger charge is -2.27. The van der Waals surface area contributed by atoms with Crippen molar-refractivity contribution in [2.75, 3.05) is 5.32 Å². The van der Waals surface area contributed by atoms with E-state index in [-0.39, 0.29) is 16.3 Å². The van der Waals surface area contributed by atoms with Gasteiger partial charge in [0.15, 0.2) is 0 Å². The summed E-state index contributed by atoms with van der Waals surface area (Å²) in [5, 5.41) is 12.5. The molecule has 0 radical (unpaired) electrons. The van der Waals surface area contributed by atoms with Crippen molar-refractivity contribution in [3.8, 4) is 0 Å². The quantitative estimate of drug-likeness (QED) is 0.353. The number of carbonyl (C=O) groups excluding carboxylic acids is 1. The van der Waals surface area contributed by atoms with Crippen molar-refractivity contribution in [2.45, 2.75) is 38.0 Å². The zero-order valence-electron chi connectivity index (χ0n) is 18.0. The van der Waals surface area contributed by atoms with Gasteiger partial charge in [-0.25, -0.2) is 0 Å². The minimum atomic E-state index is -4.64. The molecule has 10 heteroatoms. The fraction of sp³-hybridized carbons (Fsp3) is 0.333. The van der Waals surface area contributed by atoms with Gasteiger partial charge in [-0.3, -0.25) is 9.59 Å². The van der Waals surface area contributed by atoms with E-state index in [1.165, 1.54) is 36.4 Å². The molecule has 2 N–H and O–H groups in total. The van der Waals surface area contributed by atoms with E-state index in [0.717, 1.165) is 13.2 Å². The highest BCUT2D eigenvalue weighted by molar-refractivity contribution is 6.33. The molecule has 0 aliphatic heterocycles. The predicted molar refractivity (Wildman–Crippen MR) is 123 cm³/mol. The van der Waals surface area contributed by atoms with Gasteiger partial charge < -0.3 is 15.2 Å². The number of ether oxygens (including phenoxy) is 1. The molecule has 3 atom stereocenters. The van der Waals surface area contributed by atoms with Crippen molar-refractivity contribution in [3.63, 3.8) is 0 Å². The lowest BCUT2D eigenvalue weighted by atomic mass is 9.85. The SMILES string of the molecule is C=COC(c1ccc(Cl)c(NC(=O)[C@H](c2ccc(Cl)cc2)[C@@H](C)C(F)(F)F)c1)C1(C(=O)O)CC1. The first-order valence-electron chi connectivity index (χ1n) is 10.3. The molecule has 1 unspecified atom stereocenters. The minimum Gasteiger partial charge on any atom is -0.493 e. The van der Waals surface area contributed by atoms with Gasteiger partial charge in [-0.1, -0.05) is 54.9 Å². The smallest absolute Gasteiger partial charge is 0.392 e. The van der Waals surface area contributed by atoms with Gasteiger partial charge in [0.1, 0.15) is 11.5 Å². The summed E-state index contributed by atoms with van der Waals surface area (Å²) in [5.74, 6) is -5.55. The highest BCUT2D eigenvalue weighted by Gasteiger charge is 2.58. The van der Waals surface area contributed by atoms with Gasteiger partial charge in [-0.15, -0.1) is 0 Å². The monoisotopic (exact) mass is 515 g/mol. The highest BCUT2D eigenvalue weighted by Crippen LogP contribution is 2.57. The average molecular weight is 516 g/mol. The molecule has 1 aliphatic carbocycles. The van der Waals surface area contributed by atoms with Crippen LogP contribution in [0.2, 0.25) is 10.0 Å². The number of benzene rings is 2. The molecule has 1 aliphatic rings. The summed E-state index contributed by atoms with van der Waals surface area (Å²) in [4.78, 5) is 24.9. The van der Waals surface area contributed by atoms with Gasteiger partial charge in [0.25, 0.3) is 0 Å². The van der Waals surface area contributed by atoms with Gasteiger partial charge in [-0.2, -0.15) is 13.2 Å². The largest absolute Gasteiger partial charge is 0.493 e. The van der Waals surface area contributed by atoms with Crippen molar-refractivity contribution in [3.05, 3.63) is 76.5 Å². The molecule has 0 bridgehead atoms. The Morgan fingerprint density at radius 3 is 2.24 bits per heavy atom. The van der Waals surface area contributed by atoms with Gasteiger partial charge >= 0.3 is 12.1 Å². The van der Waals surface area contributed by atoms with Gasteiger partial charge in [0.05, 0.1) is 28.8 Å². The van der Waals surface area contributed by atoms with E-state index in [4.69, 9.17) is 27.9 Å². The number of hydrogen-bond acceptors (Lipinski definition) is 3. The van der Waals surface area contributed by atoms with Crippen LogP contribution in [0.5, 0.6) is 0 Å². The molecule has 2 aromatic rings. The second kappa shape index (κ2) is 9.88. The molecule has 2 aromatic carbocycles. The van der Waals surface area contributed by atoms with E-state index in [9.17, 15) is 27.9 Å². The summed E-state index contributed by atoms with van der Waals surface area (Å²) in [6, 6.07) is 9.93. The molecule has 1 fully saturated rings. The second-order valence-electron chi connectivity index (χ2n) is 8.23. The van der Waals surface area contributed by atoms with Crippen LogP contribution in [-0.2, 0) is 14.3 Å². The average Bonchev–Trinajstić information content (AvgIpc) is 3.56. The predicted octanol–water partition coefficient (Wildman–Crippen LogP) is 6.98. The third-order valence-electron chi connectivity index (χ3n) is 6.03. The van der Waals surface area contributed by atoms with Crippen LogP contribution < -0.4 is 5.32 Å². The van der Waals surface area contributed by atoms with Crippen molar-refractivity contribution in [1.82, 2.24) is 0 Å². The summed E-state index contributed by atoms with van der Waals surface area (Å²) in [7, 11) is 0. The normalized spacial score (nSPS) is 17.2. The van der Waals surface area contributed by atoms with E-state index < -0.39 is 41.4 Å². The molecular weight excluding hydrogens is 494 g/mol. The third-order valence-corrected chi connectivity index (χ3v) is 6.61. The van der Waals surface area contributed by atoms with Gasteiger partial charge in [0, 0.05) is 5.02 Å². The number of hydrogen-bond donors (Lipinski definition) is 2. The van der Waals surface area contributed by atoms with Crippen molar-refractivity contribution in [1.29, 1.82) is 0 Å². The highest BCUT2D eigenvalue weighted by atomic mass is 35.5. The fourth-order valence-electron chi connectivity index (χ4n) is 3.89. The zero-order chi connectivity index (χ0) is 25.3. The first-order valence-corrected chi connectivity index (χ1v) is 11.1. The molecule has 0 heterocycles. The Labute approximate surface area is 204 Å². The van der Waals surface area contributed by atoms with Crippen molar-refractivity contribution in [2.24, 2.45) is 11.3 Å². The summed E-state index contributed by atoms with van der Waals surface area (Å²) in [6.07, 6.45) is -3.66.